The first-order valence-electron chi connectivity index (χ1n) is 5.62. The molecule has 0 atom stereocenters. The molecule has 1 saturated carbocycles. The summed E-state index contributed by atoms with van der Waals surface area (Å²) in [6, 6.07) is 4.41. The summed E-state index contributed by atoms with van der Waals surface area (Å²) in [6.07, 6.45) is 6.85. The molecule has 0 aromatic carbocycles. The van der Waals surface area contributed by atoms with Gasteiger partial charge >= 0.3 is 0 Å². The van der Waals surface area contributed by atoms with E-state index in [1.54, 1.807) is 6.20 Å². The summed E-state index contributed by atoms with van der Waals surface area (Å²) in [5.41, 5.74) is 0. The third-order valence-electron chi connectivity index (χ3n) is 3.10. The molecule has 1 aromatic heterocycles. The van der Waals surface area contributed by atoms with Gasteiger partial charge in [-0.1, -0.05) is 18.5 Å². The topological polar surface area (TPSA) is 24.9 Å². The van der Waals surface area contributed by atoms with E-state index in [0.717, 1.165) is 11.7 Å². The van der Waals surface area contributed by atoms with E-state index in [1.807, 2.05) is 12.1 Å². The fourth-order valence-electron chi connectivity index (χ4n) is 2.07. The Bertz CT molecular complexity index is 302. The van der Waals surface area contributed by atoms with Gasteiger partial charge in [0.25, 0.3) is 0 Å². The van der Waals surface area contributed by atoms with Gasteiger partial charge in [-0.15, -0.1) is 0 Å². The molecule has 1 aliphatic carbocycles. The summed E-state index contributed by atoms with van der Waals surface area (Å²) in [4.78, 5) is 4.25. The van der Waals surface area contributed by atoms with Crippen molar-refractivity contribution in [1.29, 1.82) is 0 Å². The zero-order valence-electron chi connectivity index (χ0n) is 9.04. The van der Waals surface area contributed by atoms with Crippen LogP contribution in [0.2, 0.25) is 5.02 Å². The van der Waals surface area contributed by atoms with Crippen LogP contribution in [0.5, 0.6) is 0 Å². The highest BCUT2D eigenvalue weighted by Crippen LogP contribution is 2.25. The van der Waals surface area contributed by atoms with Crippen LogP contribution in [0.1, 0.15) is 32.6 Å². The van der Waals surface area contributed by atoms with Crippen LogP contribution in [-0.4, -0.2) is 11.0 Å². The lowest BCUT2D eigenvalue weighted by atomic mass is 9.87. The third kappa shape index (κ3) is 3.10. The molecule has 0 bridgehead atoms. The van der Waals surface area contributed by atoms with Gasteiger partial charge in [0.2, 0.25) is 0 Å². The number of rotatable bonds is 2. The fourth-order valence-corrected chi connectivity index (χ4v) is 2.19. The normalized spacial score (nSPS) is 26.3. The molecule has 2 rings (SSSR count). The molecule has 0 saturated heterocycles. The van der Waals surface area contributed by atoms with E-state index in [4.69, 9.17) is 11.6 Å². The van der Waals surface area contributed by atoms with Gasteiger partial charge < -0.3 is 5.32 Å². The lowest BCUT2D eigenvalue weighted by Crippen LogP contribution is -2.25. The van der Waals surface area contributed by atoms with Crippen molar-refractivity contribution in [2.75, 3.05) is 5.32 Å². The van der Waals surface area contributed by atoms with Crippen molar-refractivity contribution in [2.24, 2.45) is 5.92 Å². The number of halogens is 1. The molecule has 0 spiro atoms. The molecule has 1 N–H and O–H groups in total. The molecule has 2 nitrogen and oxygen atoms in total. The second-order valence-electron chi connectivity index (χ2n) is 4.46. The lowest BCUT2D eigenvalue weighted by Gasteiger charge is -2.27. The maximum atomic E-state index is 5.78. The number of hydrogen-bond acceptors (Lipinski definition) is 2. The SMILES string of the molecule is CC1CCC(Nc2ccc(Cl)cn2)CC1. The molecule has 0 radical (unpaired) electrons. The Morgan fingerprint density at radius 2 is 2.00 bits per heavy atom. The monoisotopic (exact) mass is 224 g/mol. The molecule has 1 heterocycles. The van der Waals surface area contributed by atoms with Gasteiger partial charge in [-0.3, -0.25) is 0 Å². The van der Waals surface area contributed by atoms with Crippen molar-refractivity contribution in [2.45, 2.75) is 38.6 Å². The van der Waals surface area contributed by atoms with Gasteiger partial charge in [-0.25, -0.2) is 4.98 Å². The van der Waals surface area contributed by atoms with Crippen molar-refractivity contribution in [3.8, 4) is 0 Å². The first kappa shape index (κ1) is 10.7. The largest absolute Gasteiger partial charge is 0.367 e. The Hall–Kier alpha value is -0.760. The predicted molar refractivity (Wildman–Crippen MR) is 64.3 cm³/mol. The van der Waals surface area contributed by atoms with Crippen LogP contribution in [0.4, 0.5) is 5.82 Å². The first-order chi connectivity index (χ1) is 7.24. The Morgan fingerprint density at radius 3 is 2.60 bits per heavy atom. The Kier molecular flexibility index (Phi) is 3.47. The number of nitrogens with one attached hydrogen (secondary N) is 1. The third-order valence-corrected chi connectivity index (χ3v) is 3.32. The minimum absolute atomic E-state index is 0.592. The summed E-state index contributed by atoms with van der Waals surface area (Å²) >= 11 is 5.78. The Morgan fingerprint density at radius 1 is 1.27 bits per heavy atom. The van der Waals surface area contributed by atoms with Gasteiger partial charge in [-0.05, 0) is 43.7 Å². The second kappa shape index (κ2) is 4.84. The molecule has 15 heavy (non-hydrogen) atoms. The number of nitrogens with zero attached hydrogens (tertiary/aromatic N) is 1. The van der Waals surface area contributed by atoms with Gasteiger partial charge in [0.1, 0.15) is 5.82 Å². The summed E-state index contributed by atoms with van der Waals surface area (Å²) in [5.74, 6) is 1.83. The van der Waals surface area contributed by atoms with Gasteiger partial charge in [0.05, 0.1) is 5.02 Å². The van der Waals surface area contributed by atoms with Crippen LogP contribution in [0.15, 0.2) is 18.3 Å². The molecule has 1 aliphatic rings. The van der Waals surface area contributed by atoms with Crippen LogP contribution >= 0.6 is 11.6 Å². The maximum Gasteiger partial charge on any atom is 0.126 e. The average molecular weight is 225 g/mol. The Balaban J connectivity index is 1.89. The van der Waals surface area contributed by atoms with Crippen molar-refractivity contribution in [3.63, 3.8) is 0 Å². The molecular weight excluding hydrogens is 208 g/mol. The van der Waals surface area contributed by atoms with Crippen molar-refractivity contribution in [3.05, 3.63) is 23.4 Å². The van der Waals surface area contributed by atoms with Gasteiger partial charge in [0.15, 0.2) is 0 Å². The summed E-state index contributed by atoms with van der Waals surface area (Å²) in [7, 11) is 0. The van der Waals surface area contributed by atoms with Crippen LogP contribution in [0.3, 0.4) is 0 Å². The molecule has 0 unspecified atom stereocenters. The first-order valence-corrected chi connectivity index (χ1v) is 6.00. The second-order valence-corrected chi connectivity index (χ2v) is 4.90. The quantitative estimate of drug-likeness (QED) is 0.828. The minimum Gasteiger partial charge on any atom is -0.367 e. The van der Waals surface area contributed by atoms with Crippen LogP contribution in [0, 0.1) is 5.92 Å². The predicted octanol–water partition coefficient (Wildman–Crippen LogP) is 3.73. The Labute approximate surface area is 96.1 Å². The molecule has 82 valence electrons. The summed E-state index contributed by atoms with van der Waals surface area (Å²) in [6.45, 7) is 2.33. The molecule has 0 amide bonds. The van der Waals surface area contributed by atoms with Gasteiger partial charge in [-0.2, -0.15) is 0 Å². The summed E-state index contributed by atoms with van der Waals surface area (Å²) < 4.78 is 0. The van der Waals surface area contributed by atoms with Gasteiger partial charge in [0, 0.05) is 12.2 Å². The van der Waals surface area contributed by atoms with Crippen LogP contribution in [-0.2, 0) is 0 Å². The van der Waals surface area contributed by atoms with E-state index in [1.165, 1.54) is 25.7 Å². The molecule has 1 fully saturated rings. The maximum absolute atomic E-state index is 5.78. The minimum atomic E-state index is 0.592. The number of hydrogen-bond donors (Lipinski definition) is 1. The van der Waals surface area contributed by atoms with E-state index >= 15 is 0 Å². The standard InChI is InChI=1S/C12H17ClN2/c1-9-2-5-11(6-3-9)15-12-7-4-10(13)8-14-12/h4,7-9,11H,2-3,5-6H2,1H3,(H,14,15). The van der Waals surface area contributed by atoms with Crippen LogP contribution < -0.4 is 5.32 Å². The van der Waals surface area contributed by atoms with E-state index in [2.05, 4.69) is 17.2 Å². The number of anilines is 1. The fraction of sp³-hybridized carbons (Fsp3) is 0.583. The van der Waals surface area contributed by atoms with Crippen LogP contribution in [0.25, 0.3) is 0 Å². The lowest BCUT2D eigenvalue weighted by molar-refractivity contribution is 0.361. The molecule has 3 heteroatoms. The molecule has 1 aromatic rings. The molecular formula is C12H17ClN2. The van der Waals surface area contributed by atoms with E-state index in [0.29, 0.717) is 11.1 Å². The van der Waals surface area contributed by atoms with Crippen molar-refractivity contribution < 1.29 is 0 Å². The number of aromatic nitrogens is 1. The van der Waals surface area contributed by atoms with Crippen molar-refractivity contribution >= 4 is 17.4 Å². The van der Waals surface area contributed by atoms with E-state index < -0.39 is 0 Å². The summed E-state index contributed by atoms with van der Waals surface area (Å²) in [5, 5.41) is 4.15. The highest BCUT2D eigenvalue weighted by Gasteiger charge is 2.17. The average Bonchev–Trinajstić information content (AvgIpc) is 2.25. The highest BCUT2D eigenvalue weighted by atomic mass is 35.5. The van der Waals surface area contributed by atoms with Crippen molar-refractivity contribution in [1.82, 2.24) is 4.98 Å². The van der Waals surface area contributed by atoms with E-state index in [9.17, 15) is 0 Å². The zero-order chi connectivity index (χ0) is 10.7. The number of pyridine rings is 1. The highest BCUT2D eigenvalue weighted by molar-refractivity contribution is 6.30. The molecule has 0 aliphatic heterocycles. The smallest absolute Gasteiger partial charge is 0.126 e. The zero-order valence-corrected chi connectivity index (χ0v) is 9.80. The van der Waals surface area contributed by atoms with E-state index in [-0.39, 0.29) is 0 Å².